The maximum atomic E-state index is 10.6. The number of hydrogen-bond donors (Lipinski definition) is 1. The van der Waals surface area contributed by atoms with Gasteiger partial charge in [0, 0.05) is 23.6 Å². The van der Waals surface area contributed by atoms with Crippen molar-refractivity contribution in [3.05, 3.63) is 17.7 Å². The molecule has 9 heteroatoms. The molecule has 1 heterocycles. The molecule has 1 aromatic rings. The van der Waals surface area contributed by atoms with Crippen molar-refractivity contribution in [2.45, 2.75) is 51.4 Å². The summed E-state index contributed by atoms with van der Waals surface area (Å²) >= 11 is 0. The molecule has 0 bridgehead atoms. The molecule has 33 heavy (non-hydrogen) atoms. The molecule has 178 valence electrons. The van der Waals surface area contributed by atoms with E-state index in [0.717, 1.165) is 25.7 Å². The molecule has 1 aromatic carbocycles. The van der Waals surface area contributed by atoms with Crippen LogP contribution in [0.15, 0.2) is 17.1 Å². The molecule has 0 aromatic heterocycles. The number of ether oxygens (including phenoxy) is 5. The van der Waals surface area contributed by atoms with Crippen LogP contribution in [0.1, 0.15) is 51.0 Å². The van der Waals surface area contributed by atoms with Crippen LogP contribution < -0.4 is 19.9 Å². The second-order valence-corrected chi connectivity index (χ2v) is 8.20. The van der Waals surface area contributed by atoms with Crippen molar-refractivity contribution in [2.24, 2.45) is 21.6 Å². The van der Waals surface area contributed by atoms with Gasteiger partial charge in [0.15, 0.2) is 5.41 Å². The molecular formula is C24H32N4O5. The fraction of sp³-hybridized carbons (Fsp3) is 0.625. The number of methoxy groups -OCH3 is 3. The lowest BCUT2D eigenvalue weighted by Gasteiger charge is -2.33. The van der Waals surface area contributed by atoms with Crippen LogP contribution in [0.3, 0.4) is 0 Å². The van der Waals surface area contributed by atoms with Gasteiger partial charge in [-0.25, -0.2) is 4.99 Å². The van der Waals surface area contributed by atoms with Gasteiger partial charge < -0.3 is 29.4 Å². The first-order chi connectivity index (χ1) is 15.9. The highest BCUT2D eigenvalue weighted by Crippen LogP contribution is 2.83. The van der Waals surface area contributed by atoms with E-state index in [1.807, 2.05) is 13.8 Å². The Bertz CT molecular complexity index is 963. The van der Waals surface area contributed by atoms with Crippen molar-refractivity contribution in [1.29, 1.82) is 10.5 Å². The Hall–Kier alpha value is -3.01. The molecule has 1 fully saturated rings. The molecule has 9 nitrogen and oxygen atoms in total. The SMILES string of the molecule is CCCCOC1(OCCCC)N=C(N)C2(C#N)C(c3c(OC)cc(OC)cc3OC)C12C#N. The van der Waals surface area contributed by atoms with Gasteiger partial charge >= 0.3 is 0 Å². The van der Waals surface area contributed by atoms with Gasteiger partial charge in [-0.15, -0.1) is 0 Å². The minimum Gasteiger partial charge on any atom is -0.496 e. The van der Waals surface area contributed by atoms with E-state index in [9.17, 15) is 10.5 Å². The van der Waals surface area contributed by atoms with Crippen LogP contribution in [0.25, 0.3) is 0 Å². The number of benzene rings is 1. The first-order valence-corrected chi connectivity index (χ1v) is 11.2. The van der Waals surface area contributed by atoms with Crippen molar-refractivity contribution in [3.8, 4) is 29.4 Å². The average molecular weight is 457 g/mol. The highest BCUT2D eigenvalue weighted by atomic mass is 16.7. The molecule has 2 aliphatic rings. The summed E-state index contributed by atoms with van der Waals surface area (Å²) in [6.07, 6.45) is 3.26. The van der Waals surface area contributed by atoms with Gasteiger partial charge in [-0.2, -0.15) is 10.5 Å². The second kappa shape index (κ2) is 9.46. The highest BCUT2D eigenvalue weighted by molar-refractivity contribution is 6.01. The van der Waals surface area contributed by atoms with Crippen LogP contribution in [0.5, 0.6) is 17.2 Å². The zero-order valence-electron chi connectivity index (χ0n) is 19.9. The van der Waals surface area contributed by atoms with E-state index in [1.54, 1.807) is 12.1 Å². The third-order valence-corrected chi connectivity index (χ3v) is 6.56. The van der Waals surface area contributed by atoms with E-state index in [4.69, 9.17) is 29.4 Å². The van der Waals surface area contributed by atoms with E-state index in [-0.39, 0.29) is 5.84 Å². The van der Waals surface area contributed by atoms with Gasteiger partial charge in [-0.3, -0.25) is 0 Å². The summed E-state index contributed by atoms with van der Waals surface area (Å²) in [4.78, 5) is 4.50. The molecule has 3 rings (SSSR count). The number of fused-ring (bicyclic) bond motifs is 1. The molecule has 3 atom stereocenters. The van der Waals surface area contributed by atoms with Crippen LogP contribution in [-0.4, -0.2) is 46.3 Å². The van der Waals surface area contributed by atoms with Crippen molar-refractivity contribution in [1.82, 2.24) is 0 Å². The van der Waals surface area contributed by atoms with Gasteiger partial charge in [-0.1, -0.05) is 26.7 Å². The topological polar surface area (TPSA) is 132 Å². The Labute approximate surface area is 195 Å². The third kappa shape index (κ3) is 3.30. The number of nitrogens with two attached hydrogens (primary N) is 1. The first-order valence-electron chi connectivity index (χ1n) is 11.2. The standard InChI is InChI=1S/C24H32N4O5/c1-6-8-10-32-24(33-11-9-7-2)23(15-26)20(22(23,14-25)21(27)28-24)19-17(30-4)12-16(29-3)13-18(19)31-5/h12-13,20H,6-11H2,1-5H3,(H2,27,28). The third-order valence-electron chi connectivity index (χ3n) is 6.56. The van der Waals surface area contributed by atoms with Gasteiger partial charge in [0.25, 0.3) is 5.91 Å². The number of unbranched alkanes of at least 4 members (excludes halogenated alkanes) is 2. The number of aliphatic imine (C=N–C) groups is 1. The molecule has 1 saturated carbocycles. The van der Waals surface area contributed by atoms with Gasteiger partial charge in [0.05, 0.1) is 46.7 Å². The van der Waals surface area contributed by atoms with Crippen molar-refractivity contribution in [2.75, 3.05) is 34.5 Å². The van der Waals surface area contributed by atoms with Gasteiger partial charge in [0.2, 0.25) is 0 Å². The molecule has 0 spiro atoms. The molecule has 0 amide bonds. The fourth-order valence-electron chi connectivity index (χ4n) is 4.82. The van der Waals surface area contributed by atoms with Gasteiger partial charge in [0.1, 0.15) is 28.5 Å². The predicted molar refractivity (Wildman–Crippen MR) is 121 cm³/mol. The zero-order chi connectivity index (χ0) is 24.3. The maximum Gasteiger partial charge on any atom is 0.293 e. The molecule has 1 aliphatic heterocycles. The molecule has 0 radical (unpaired) electrons. The summed E-state index contributed by atoms with van der Waals surface area (Å²) in [5.74, 6) is -1.08. The van der Waals surface area contributed by atoms with E-state index in [2.05, 4.69) is 17.1 Å². The lowest BCUT2D eigenvalue weighted by Crippen LogP contribution is -2.44. The average Bonchev–Trinajstić information content (AvgIpc) is 3.40. The summed E-state index contributed by atoms with van der Waals surface area (Å²) in [5, 5.41) is 21.0. The summed E-state index contributed by atoms with van der Waals surface area (Å²) in [5.41, 5.74) is 3.97. The predicted octanol–water partition coefficient (Wildman–Crippen LogP) is 3.49. The van der Waals surface area contributed by atoms with E-state index in [0.29, 0.717) is 36.0 Å². The van der Waals surface area contributed by atoms with E-state index in [1.165, 1.54) is 21.3 Å². The highest BCUT2D eigenvalue weighted by Gasteiger charge is 2.94. The quantitative estimate of drug-likeness (QED) is 0.373. The van der Waals surface area contributed by atoms with Crippen LogP contribution in [-0.2, 0) is 9.47 Å². The van der Waals surface area contributed by atoms with Crippen molar-refractivity contribution in [3.63, 3.8) is 0 Å². The second-order valence-electron chi connectivity index (χ2n) is 8.20. The lowest BCUT2D eigenvalue weighted by atomic mass is 9.93. The lowest BCUT2D eigenvalue weighted by molar-refractivity contribution is -0.260. The molecule has 1 aliphatic carbocycles. The Kier molecular flexibility index (Phi) is 7.06. The van der Waals surface area contributed by atoms with E-state index < -0.39 is 22.7 Å². The van der Waals surface area contributed by atoms with Crippen molar-refractivity contribution < 1.29 is 23.7 Å². The Morgan fingerprint density at radius 3 is 1.88 bits per heavy atom. The Morgan fingerprint density at radius 2 is 1.48 bits per heavy atom. The Morgan fingerprint density at radius 1 is 0.939 bits per heavy atom. The largest absolute Gasteiger partial charge is 0.496 e. The first kappa shape index (κ1) is 24.6. The fourth-order valence-corrected chi connectivity index (χ4v) is 4.82. The summed E-state index contributed by atoms with van der Waals surface area (Å²) in [7, 11) is 4.55. The number of rotatable bonds is 12. The summed E-state index contributed by atoms with van der Waals surface area (Å²) in [6.45, 7) is 4.70. The molecular weight excluding hydrogens is 424 g/mol. The number of amidine groups is 1. The number of nitriles is 2. The monoisotopic (exact) mass is 456 g/mol. The maximum absolute atomic E-state index is 10.6. The van der Waals surface area contributed by atoms with Crippen LogP contribution >= 0.6 is 0 Å². The molecule has 3 unspecified atom stereocenters. The van der Waals surface area contributed by atoms with Crippen molar-refractivity contribution >= 4 is 5.84 Å². The molecule has 0 saturated heterocycles. The van der Waals surface area contributed by atoms with E-state index >= 15 is 0 Å². The summed E-state index contributed by atoms with van der Waals surface area (Å²) in [6, 6.07) is 8.02. The van der Waals surface area contributed by atoms with Crippen LogP contribution in [0, 0.1) is 33.5 Å². The van der Waals surface area contributed by atoms with Gasteiger partial charge in [-0.05, 0) is 12.8 Å². The normalized spacial score (nSPS) is 26.5. The minimum atomic E-state index is -1.70. The van der Waals surface area contributed by atoms with Crippen LogP contribution in [0.2, 0.25) is 0 Å². The molecule has 2 N–H and O–H groups in total. The number of nitrogens with zero attached hydrogens (tertiary/aromatic N) is 3. The number of hydrogen-bond acceptors (Lipinski definition) is 9. The zero-order valence-corrected chi connectivity index (χ0v) is 19.9. The smallest absolute Gasteiger partial charge is 0.293 e. The minimum absolute atomic E-state index is 0.0180. The summed E-state index contributed by atoms with van der Waals surface area (Å²) < 4.78 is 29.0. The van der Waals surface area contributed by atoms with Crippen LogP contribution in [0.4, 0.5) is 0 Å². The Balaban J connectivity index is 2.23.